The van der Waals surface area contributed by atoms with Gasteiger partial charge in [0.2, 0.25) is 5.91 Å². The molecule has 24 heavy (non-hydrogen) atoms. The Labute approximate surface area is 142 Å². The Morgan fingerprint density at radius 3 is 2.46 bits per heavy atom. The number of rotatable bonds is 11. The monoisotopic (exact) mass is 330 g/mol. The zero-order valence-electron chi connectivity index (χ0n) is 14.0. The van der Waals surface area contributed by atoms with Crippen LogP contribution < -0.4 is 5.48 Å². The van der Waals surface area contributed by atoms with Crippen molar-refractivity contribution in [1.82, 2.24) is 10.5 Å². The fraction of sp³-hybridized carbons (Fsp3) is 0.474. The number of aromatic amines is 1. The van der Waals surface area contributed by atoms with Crippen molar-refractivity contribution in [3.05, 3.63) is 36.0 Å². The smallest absolute Gasteiger partial charge is 0.243 e. The second kappa shape index (κ2) is 9.88. The third kappa shape index (κ3) is 5.81. The number of hydroxylamine groups is 1. The maximum atomic E-state index is 11.9. The van der Waals surface area contributed by atoms with Crippen molar-refractivity contribution in [2.24, 2.45) is 0 Å². The number of carbonyl (C=O) groups excluding carboxylic acids is 2. The molecular weight excluding hydrogens is 304 g/mol. The molecule has 1 aromatic heterocycles. The van der Waals surface area contributed by atoms with Crippen LogP contribution in [0.25, 0.3) is 10.9 Å². The molecule has 0 saturated carbocycles. The molecule has 5 nitrogen and oxygen atoms in total. The summed E-state index contributed by atoms with van der Waals surface area (Å²) in [5.41, 5.74) is 4.05. The first-order valence-corrected chi connectivity index (χ1v) is 8.70. The Morgan fingerprint density at radius 2 is 1.67 bits per heavy atom. The molecule has 0 unspecified atom stereocenters. The number of hydrogen-bond acceptors (Lipinski definition) is 3. The lowest BCUT2D eigenvalue weighted by Gasteiger charge is -2.02. The molecule has 1 heterocycles. The predicted molar refractivity (Wildman–Crippen MR) is 93.9 cm³/mol. The van der Waals surface area contributed by atoms with Gasteiger partial charge in [0, 0.05) is 36.4 Å². The highest BCUT2D eigenvalue weighted by molar-refractivity contribution is 5.83. The lowest BCUT2D eigenvalue weighted by molar-refractivity contribution is -0.129. The Morgan fingerprint density at radius 1 is 0.958 bits per heavy atom. The van der Waals surface area contributed by atoms with E-state index in [1.807, 2.05) is 18.3 Å². The number of Topliss-reactive ketones (excluding diaryl/α,β-unsaturated/α-hetero) is 1. The minimum absolute atomic E-state index is 0.322. The number of amides is 1. The van der Waals surface area contributed by atoms with Crippen LogP contribution in [-0.2, 0) is 16.0 Å². The molecule has 2 rings (SSSR count). The van der Waals surface area contributed by atoms with E-state index in [9.17, 15) is 9.59 Å². The topological polar surface area (TPSA) is 82.2 Å². The average molecular weight is 330 g/mol. The number of aryl methyl sites for hydroxylation is 1. The van der Waals surface area contributed by atoms with E-state index in [1.54, 1.807) is 5.48 Å². The van der Waals surface area contributed by atoms with Crippen LogP contribution in [0, 0.1) is 0 Å². The molecule has 0 atom stereocenters. The number of ketones is 1. The molecular formula is C19H26N2O3. The predicted octanol–water partition coefficient (Wildman–Crippen LogP) is 3.91. The second-order valence-electron chi connectivity index (χ2n) is 6.20. The first-order valence-electron chi connectivity index (χ1n) is 8.70. The van der Waals surface area contributed by atoms with Gasteiger partial charge in [-0.1, -0.05) is 31.0 Å². The molecule has 1 aromatic carbocycles. The summed E-state index contributed by atoms with van der Waals surface area (Å²) in [5, 5.41) is 9.62. The first-order chi connectivity index (χ1) is 11.7. The van der Waals surface area contributed by atoms with Crippen molar-refractivity contribution >= 4 is 22.6 Å². The van der Waals surface area contributed by atoms with Gasteiger partial charge in [-0.25, -0.2) is 5.48 Å². The van der Waals surface area contributed by atoms with Gasteiger partial charge in [0.15, 0.2) is 0 Å². The third-order valence-electron chi connectivity index (χ3n) is 4.31. The van der Waals surface area contributed by atoms with Gasteiger partial charge in [0.25, 0.3) is 0 Å². The Hall–Kier alpha value is -2.14. The molecule has 1 amide bonds. The summed E-state index contributed by atoms with van der Waals surface area (Å²) in [7, 11) is 0. The first kappa shape index (κ1) is 18.2. The minimum Gasteiger partial charge on any atom is -0.361 e. The third-order valence-corrected chi connectivity index (χ3v) is 4.31. The fourth-order valence-electron chi connectivity index (χ4n) is 2.96. The molecule has 3 N–H and O–H groups in total. The number of carbonyl (C=O) groups is 2. The van der Waals surface area contributed by atoms with Gasteiger partial charge < -0.3 is 4.98 Å². The molecule has 0 aliphatic rings. The molecule has 5 heteroatoms. The van der Waals surface area contributed by atoms with Gasteiger partial charge in [-0.15, -0.1) is 0 Å². The number of aromatic nitrogens is 1. The van der Waals surface area contributed by atoms with Crippen molar-refractivity contribution < 1.29 is 14.8 Å². The fourth-order valence-corrected chi connectivity index (χ4v) is 2.96. The van der Waals surface area contributed by atoms with E-state index in [2.05, 4.69) is 17.1 Å². The number of nitrogens with one attached hydrogen (secondary N) is 2. The number of para-hydroxylation sites is 1. The lowest BCUT2D eigenvalue weighted by atomic mass is 10.0. The van der Waals surface area contributed by atoms with Gasteiger partial charge in [-0.05, 0) is 37.3 Å². The number of hydrogen-bond donors (Lipinski definition) is 3. The average Bonchev–Trinajstić information content (AvgIpc) is 3.01. The van der Waals surface area contributed by atoms with Crippen molar-refractivity contribution in [2.45, 2.75) is 57.8 Å². The summed E-state index contributed by atoms with van der Waals surface area (Å²) in [4.78, 5) is 26.0. The number of fused-ring (bicyclic) bond motifs is 1. The second-order valence-corrected chi connectivity index (χ2v) is 6.20. The van der Waals surface area contributed by atoms with Gasteiger partial charge in [0.1, 0.15) is 5.78 Å². The molecule has 0 aliphatic carbocycles. The normalized spacial score (nSPS) is 10.9. The Bertz CT molecular complexity index is 663. The van der Waals surface area contributed by atoms with Crippen LogP contribution in [0.5, 0.6) is 0 Å². The van der Waals surface area contributed by atoms with Crippen molar-refractivity contribution in [3.63, 3.8) is 0 Å². The summed E-state index contributed by atoms with van der Waals surface area (Å²) in [6.45, 7) is 0. The summed E-state index contributed by atoms with van der Waals surface area (Å²) in [6.07, 6.45) is 8.94. The van der Waals surface area contributed by atoms with Crippen LogP contribution in [0.15, 0.2) is 30.5 Å². The highest BCUT2D eigenvalue weighted by Crippen LogP contribution is 2.19. The quantitative estimate of drug-likeness (QED) is 0.332. The van der Waals surface area contributed by atoms with Crippen LogP contribution in [-0.4, -0.2) is 21.9 Å². The van der Waals surface area contributed by atoms with E-state index >= 15 is 0 Å². The van der Waals surface area contributed by atoms with Crippen molar-refractivity contribution in [2.75, 3.05) is 0 Å². The summed E-state index contributed by atoms with van der Waals surface area (Å²) >= 11 is 0. The number of H-pyrrole nitrogens is 1. The molecule has 130 valence electrons. The van der Waals surface area contributed by atoms with Gasteiger partial charge >= 0.3 is 0 Å². The summed E-state index contributed by atoms with van der Waals surface area (Å²) < 4.78 is 0. The molecule has 0 aliphatic heterocycles. The van der Waals surface area contributed by atoms with Crippen molar-refractivity contribution in [3.8, 4) is 0 Å². The van der Waals surface area contributed by atoms with Gasteiger partial charge in [-0.2, -0.15) is 0 Å². The van der Waals surface area contributed by atoms with E-state index < -0.39 is 0 Å². The Balaban J connectivity index is 1.56. The zero-order valence-corrected chi connectivity index (χ0v) is 14.0. The molecule has 0 spiro atoms. The maximum absolute atomic E-state index is 11.9. The molecule has 0 fully saturated rings. The van der Waals surface area contributed by atoms with E-state index in [1.165, 1.54) is 10.9 Å². The highest BCUT2D eigenvalue weighted by Gasteiger charge is 2.06. The van der Waals surface area contributed by atoms with E-state index in [0.29, 0.717) is 25.0 Å². The van der Waals surface area contributed by atoms with E-state index in [-0.39, 0.29) is 5.91 Å². The zero-order chi connectivity index (χ0) is 17.2. The number of benzene rings is 1. The van der Waals surface area contributed by atoms with Gasteiger partial charge in [0.05, 0.1) is 0 Å². The molecule has 2 aromatic rings. The standard InChI is InChI=1S/C19H26N2O3/c22-16(9-3-1-2-4-13-19(23)21-24)10-7-8-15-14-20-18-12-6-5-11-17(15)18/h5-6,11-12,14,20,24H,1-4,7-10,13H2,(H,21,23). The van der Waals surface area contributed by atoms with Gasteiger partial charge in [-0.3, -0.25) is 14.8 Å². The molecule has 0 bridgehead atoms. The van der Waals surface area contributed by atoms with Crippen LogP contribution in [0.2, 0.25) is 0 Å². The van der Waals surface area contributed by atoms with Crippen LogP contribution in [0.1, 0.15) is 56.9 Å². The largest absolute Gasteiger partial charge is 0.361 e. The van der Waals surface area contributed by atoms with E-state index in [4.69, 9.17) is 5.21 Å². The molecule has 0 saturated heterocycles. The summed E-state index contributed by atoms with van der Waals surface area (Å²) in [5.74, 6) is -0.0219. The maximum Gasteiger partial charge on any atom is 0.243 e. The van der Waals surface area contributed by atoms with Crippen LogP contribution in [0.4, 0.5) is 0 Å². The Kier molecular flexibility index (Phi) is 7.49. The molecule has 0 radical (unpaired) electrons. The number of unbranched alkanes of at least 4 members (excludes halogenated alkanes) is 3. The highest BCUT2D eigenvalue weighted by atomic mass is 16.5. The van der Waals surface area contributed by atoms with Crippen LogP contribution in [0.3, 0.4) is 0 Å². The van der Waals surface area contributed by atoms with Crippen LogP contribution >= 0.6 is 0 Å². The minimum atomic E-state index is -0.344. The van der Waals surface area contributed by atoms with E-state index in [0.717, 1.165) is 44.0 Å². The van der Waals surface area contributed by atoms with Crippen molar-refractivity contribution in [1.29, 1.82) is 0 Å². The SMILES string of the molecule is O=C(CCCCCCC(=O)NO)CCCc1c[nH]c2ccccc12. The summed E-state index contributed by atoms with van der Waals surface area (Å²) in [6, 6.07) is 8.23. The lowest BCUT2D eigenvalue weighted by Crippen LogP contribution is -2.17.